The zero-order chi connectivity index (χ0) is 17.9. The number of nitrogens with zero attached hydrogens (tertiary/aromatic N) is 2. The first-order chi connectivity index (χ1) is 11.9. The highest BCUT2D eigenvalue weighted by molar-refractivity contribution is 7.86. The average molecular weight is 359 g/mol. The Morgan fingerprint density at radius 2 is 1.72 bits per heavy atom. The number of anilines is 1. The van der Waals surface area contributed by atoms with Crippen molar-refractivity contribution >= 4 is 21.8 Å². The predicted octanol–water partition coefficient (Wildman–Crippen LogP) is 2.71. The maximum Gasteiger partial charge on any atom is 0.332 e. The number of hydrogen-bond donors (Lipinski definition) is 1. The Balaban J connectivity index is 1.64. The molecular formula is C17H14FN3O3S. The molecule has 0 spiro atoms. The van der Waals surface area contributed by atoms with Gasteiger partial charge in [-0.05, 0) is 42.5 Å². The molecule has 0 bridgehead atoms. The van der Waals surface area contributed by atoms with E-state index in [2.05, 4.69) is 10.4 Å². The van der Waals surface area contributed by atoms with Crippen molar-refractivity contribution in [1.29, 1.82) is 0 Å². The number of carbonyl (C=O) groups excluding carboxylic acids is 1. The number of para-hydroxylation sites is 1. The fourth-order valence-electron chi connectivity index (χ4n) is 2.25. The van der Waals surface area contributed by atoms with Crippen LogP contribution in [0.5, 0.6) is 0 Å². The zero-order valence-electron chi connectivity index (χ0n) is 13.0. The van der Waals surface area contributed by atoms with E-state index in [1.165, 1.54) is 12.1 Å². The van der Waals surface area contributed by atoms with Gasteiger partial charge in [0.2, 0.25) is 5.91 Å². The molecule has 3 aromatic rings. The summed E-state index contributed by atoms with van der Waals surface area (Å²) in [6.45, 7) is 0. The highest BCUT2D eigenvalue weighted by atomic mass is 32.3. The van der Waals surface area contributed by atoms with Crippen LogP contribution in [0.25, 0.3) is 5.69 Å². The second-order valence-corrected chi connectivity index (χ2v) is 6.62. The minimum absolute atomic E-state index is 0.0585. The van der Waals surface area contributed by atoms with Crippen molar-refractivity contribution in [3.8, 4) is 5.69 Å². The third-order valence-corrected chi connectivity index (χ3v) is 4.26. The van der Waals surface area contributed by atoms with E-state index in [4.69, 9.17) is 0 Å². The van der Waals surface area contributed by atoms with Crippen LogP contribution in [0.2, 0.25) is 0 Å². The molecule has 0 aliphatic heterocycles. The number of carbonyl (C=O) groups is 1. The smallest absolute Gasteiger partial charge is 0.326 e. The molecule has 1 heterocycles. The molecule has 0 atom stereocenters. The number of aromatic nitrogens is 2. The normalized spacial score (nSPS) is 11.2. The van der Waals surface area contributed by atoms with Crippen molar-refractivity contribution in [3.63, 3.8) is 0 Å². The molecular weight excluding hydrogens is 345 g/mol. The summed E-state index contributed by atoms with van der Waals surface area (Å²) in [7, 11) is -4.75. The first-order valence-corrected chi connectivity index (χ1v) is 8.75. The highest BCUT2D eigenvalue weighted by Gasteiger charge is 2.12. The standard InChI is InChI=1S/C17H14FN3O3S/c18-25(23,24)16-8-6-13(7-9-16)19-17(22)12-14-10-11-21(20-14)15-4-2-1-3-5-15/h1-11H,12H2,(H,19,22). The van der Waals surface area contributed by atoms with Gasteiger partial charge in [0.25, 0.3) is 0 Å². The molecule has 0 aliphatic rings. The van der Waals surface area contributed by atoms with Gasteiger partial charge in [0.1, 0.15) is 0 Å². The maximum absolute atomic E-state index is 12.8. The van der Waals surface area contributed by atoms with Gasteiger partial charge in [-0.3, -0.25) is 4.79 Å². The van der Waals surface area contributed by atoms with Crippen molar-refractivity contribution in [2.45, 2.75) is 11.3 Å². The molecule has 128 valence electrons. The van der Waals surface area contributed by atoms with Crippen LogP contribution in [0.4, 0.5) is 9.57 Å². The van der Waals surface area contributed by atoms with Crippen molar-refractivity contribution in [3.05, 3.63) is 72.6 Å². The van der Waals surface area contributed by atoms with Crippen LogP contribution in [-0.4, -0.2) is 24.1 Å². The molecule has 6 nitrogen and oxygen atoms in total. The van der Waals surface area contributed by atoms with Gasteiger partial charge in [0.15, 0.2) is 0 Å². The molecule has 0 fully saturated rings. The Morgan fingerprint density at radius 1 is 1.04 bits per heavy atom. The van der Waals surface area contributed by atoms with Crippen LogP contribution >= 0.6 is 0 Å². The van der Waals surface area contributed by atoms with E-state index in [0.717, 1.165) is 17.8 Å². The van der Waals surface area contributed by atoms with Crippen LogP contribution in [0.1, 0.15) is 5.69 Å². The summed E-state index contributed by atoms with van der Waals surface area (Å²) in [6, 6.07) is 16.1. The van der Waals surface area contributed by atoms with Crippen molar-refractivity contribution in [2.24, 2.45) is 0 Å². The number of halogens is 1. The lowest BCUT2D eigenvalue weighted by molar-refractivity contribution is -0.115. The molecule has 1 amide bonds. The molecule has 1 N–H and O–H groups in total. The van der Waals surface area contributed by atoms with Crippen LogP contribution in [0.15, 0.2) is 71.8 Å². The van der Waals surface area contributed by atoms with Gasteiger partial charge in [0.05, 0.1) is 22.7 Å². The number of rotatable bonds is 5. The first-order valence-electron chi connectivity index (χ1n) is 7.36. The molecule has 8 heteroatoms. The Kier molecular flexibility index (Phi) is 4.62. The quantitative estimate of drug-likeness (QED) is 0.710. The van der Waals surface area contributed by atoms with E-state index in [0.29, 0.717) is 11.4 Å². The molecule has 3 rings (SSSR count). The number of nitrogens with one attached hydrogen (secondary N) is 1. The Hall–Kier alpha value is -3.00. The minimum Gasteiger partial charge on any atom is -0.326 e. The Morgan fingerprint density at radius 3 is 2.36 bits per heavy atom. The van der Waals surface area contributed by atoms with Gasteiger partial charge in [-0.25, -0.2) is 4.68 Å². The number of hydrogen-bond acceptors (Lipinski definition) is 4. The van der Waals surface area contributed by atoms with Crippen molar-refractivity contribution in [2.75, 3.05) is 5.32 Å². The van der Waals surface area contributed by atoms with Gasteiger partial charge in [-0.15, -0.1) is 3.89 Å². The molecule has 0 saturated heterocycles. The second kappa shape index (κ2) is 6.86. The highest BCUT2D eigenvalue weighted by Crippen LogP contribution is 2.16. The summed E-state index contributed by atoms with van der Waals surface area (Å²) in [5.41, 5.74) is 1.85. The predicted molar refractivity (Wildman–Crippen MR) is 90.6 cm³/mol. The largest absolute Gasteiger partial charge is 0.332 e. The summed E-state index contributed by atoms with van der Waals surface area (Å²) >= 11 is 0. The Bertz CT molecular complexity index is 983. The zero-order valence-corrected chi connectivity index (χ0v) is 13.8. The number of amides is 1. The lowest BCUT2D eigenvalue weighted by atomic mass is 10.2. The minimum atomic E-state index is -4.75. The summed E-state index contributed by atoms with van der Waals surface area (Å²) in [4.78, 5) is 11.6. The van der Waals surface area contributed by atoms with Gasteiger partial charge in [0, 0.05) is 11.9 Å². The molecule has 2 aromatic carbocycles. The third kappa shape index (κ3) is 4.30. The van der Waals surface area contributed by atoms with Gasteiger partial charge in [-0.2, -0.15) is 13.5 Å². The van der Waals surface area contributed by atoms with E-state index < -0.39 is 15.1 Å². The third-order valence-electron chi connectivity index (χ3n) is 3.43. The van der Waals surface area contributed by atoms with Crippen molar-refractivity contribution < 1.29 is 17.1 Å². The van der Waals surface area contributed by atoms with Crippen LogP contribution in [0.3, 0.4) is 0 Å². The average Bonchev–Trinajstić information content (AvgIpc) is 3.03. The van der Waals surface area contributed by atoms with Crippen LogP contribution in [0, 0.1) is 0 Å². The molecule has 0 saturated carbocycles. The van der Waals surface area contributed by atoms with Gasteiger partial charge >= 0.3 is 10.2 Å². The topological polar surface area (TPSA) is 81.1 Å². The van der Waals surface area contributed by atoms with Crippen LogP contribution in [-0.2, 0) is 21.4 Å². The van der Waals surface area contributed by atoms with E-state index in [1.54, 1.807) is 16.9 Å². The van der Waals surface area contributed by atoms with Crippen LogP contribution < -0.4 is 5.32 Å². The van der Waals surface area contributed by atoms with Crippen molar-refractivity contribution in [1.82, 2.24) is 9.78 Å². The molecule has 25 heavy (non-hydrogen) atoms. The fraction of sp³-hybridized carbons (Fsp3) is 0.0588. The van der Waals surface area contributed by atoms with E-state index >= 15 is 0 Å². The summed E-state index contributed by atoms with van der Waals surface area (Å²) in [6.07, 6.45) is 1.82. The maximum atomic E-state index is 12.8. The van der Waals surface area contributed by atoms with Gasteiger partial charge in [-0.1, -0.05) is 18.2 Å². The fourth-order valence-corrected chi connectivity index (χ4v) is 2.71. The molecule has 0 unspecified atom stereocenters. The summed E-state index contributed by atoms with van der Waals surface area (Å²) < 4.78 is 36.0. The van der Waals surface area contributed by atoms with E-state index in [9.17, 15) is 17.1 Å². The second-order valence-electron chi connectivity index (χ2n) is 5.27. The van der Waals surface area contributed by atoms with Gasteiger partial charge < -0.3 is 5.32 Å². The van der Waals surface area contributed by atoms with E-state index in [-0.39, 0.29) is 12.3 Å². The monoisotopic (exact) mass is 359 g/mol. The molecule has 0 radical (unpaired) electrons. The summed E-state index contributed by atoms with van der Waals surface area (Å²) in [5, 5.41) is 6.95. The molecule has 0 aliphatic carbocycles. The lowest BCUT2D eigenvalue weighted by Gasteiger charge is -2.04. The summed E-state index contributed by atoms with van der Waals surface area (Å²) in [5.74, 6) is -0.311. The van der Waals surface area contributed by atoms with E-state index in [1.807, 2.05) is 30.3 Å². The lowest BCUT2D eigenvalue weighted by Crippen LogP contribution is -2.15. The number of benzene rings is 2. The SMILES string of the molecule is O=C(Cc1ccn(-c2ccccc2)n1)Nc1ccc(S(=O)(=O)F)cc1. The molecule has 1 aromatic heterocycles. The first kappa shape index (κ1) is 16.8. The Labute approximate surface area is 144 Å².